The summed E-state index contributed by atoms with van der Waals surface area (Å²) in [6, 6.07) is 0. The first-order valence-corrected chi connectivity index (χ1v) is 9.53. The number of sulfonamides is 1. The van der Waals surface area contributed by atoms with Gasteiger partial charge in [-0.1, -0.05) is 19.6 Å². The van der Waals surface area contributed by atoms with Crippen molar-refractivity contribution in [3.63, 3.8) is 0 Å². The predicted molar refractivity (Wildman–Crippen MR) is 55.6 cm³/mol. The van der Waals surface area contributed by atoms with E-state index in [2.05, 4.69) is 4.39 Å². The summed E-state index contributed by atoms with van der Waals surface area (Å²) in [5.74, 6) is 0.535. The van der Waals surface area contributed by atoms with Gasteiger partial charge in [-0.05, 0) is 6.42 Å². The molecule has 0 saturated heterocycles. The molecule has 0 spiro atoms. The van der Waals surface area contributed by atoms with Crippen LogP contribution >= 0.6 is 11.6 Å². The lowest BCUT2D eigenvalue weighted by atomic mass is 10.6. The second-order valence-electron chi connectivity index (χ2n) is 3.71. The maximum absolute atomic E-state index is 11.3. The lowest BCUT2D eigenvalue weighted by Crippen LogP contribution is -2.46. The molecule has 0 saturated carbocycles. The van der Waals surface area contributed by atoms with Gasteiger partial charge in [0.15, 0.2) is 0 Å². The number of hydrogen-bond acceptors (Lipinski definition) is 2. The van der Waals surface area contributed by atoms with Crippen molar-refractivity contribution >= 4 is 29.9 Å². The summed E-state index contributed by atoms with van der Waals surface area (Å²) < 4.78 is 25.2. The fourth-order valence-electron chi connectivity index (χ4n) is 0.762. The van der Waals surface area contributed by atoms with Crippen LogP contribution in [0.25, 0.3) is 0 Å². The molecule has 0 aliphatic carbocycles. The van der Waals surface area contributed by atoms with Crippen molar-refractivity contribution in [3.8, 4) is 0 Å². The maximum Gasteiger partial charge on any atom is 0.205 e. The van der Waals surface area contributed by atoms with Crippen molar-refractivity contribution in [2.45, 2.75) is 26.1 Å². The van der Waals surface area contributed by atoms with Gasteiger partial charge in [-0.3, -0.25) is 0 Å². The van der Waals surface area contributed by atoms with E-state index in [9.17, 15) is 8.42 Å². The molecule has 0 fully saturated rings. The molecule has 1 N–H and O–H groups in total. The third-order valence-corrected chi connectivity index (χ3v) is 5.80. The Balaban J connectivity index is 4.06. The summed E-state index contributed by atoms with van der Waals surface area (Å²) in [6.07, 6.45) is 0.515. The highest BCUT2D eigenvalue weighted by Gasteiger charge is 2.21. The Bertz CT molecular complexity index is 222. The van der Waals surface area contributed by atoms with Crippen LogP contribution in [0.4, 0.5) is 0 Å². The molecule has 0 atom stereocenters. The van der Waals surface area contributed by atoms with Crippen molar-refractivity contribution in [3.05, 3.63) is 0 Å². The Morgan fingerprint density at radius 3 is 2.17 bits per heavy atom. The Labute approximate surface area is 80.6 Å². The SMILES string of the molecule is C[Si](C)(C)NS(=O)(=O)CCCCl. The molecule has 6 heteroatoms. The van der Waals surface area contributed by atoms with Gasteiger partial charge in [-0.25, -0.2) is 12.8 Å². The van der Waals surface area contributed by atoms with Crippen LogP contribution in [0.15, 0.2) is 0 Å². The summed E-state index contributed by atoms with van der Waals surface area (Å²) in [4.78, 5) is 0. The molecule has 74 valence electrons. The van der Waals surface area contributed by atoms with E-state index in [1.807, 2.05) is 19.6 Å². The minimum atomic E-state index is -3.07. The summed E-state index contributed by atoms with van der Waals surface area (Å²) in [7, 11) is -4.80. The zero-order valence-electron chi connectivity index (χ0n) is 7.72. The first-order chi connectivity index (χ1) is 5.27. The average molecular weight is 230 g/mol. The van der Waals surface area contributed by atoms with Crippen LogP contribution in [0.3, 0.4) is 0 Å². The summed E-state index contributed by atoms with van der Waals surface area (Å²) in [5.41, 5.74) is 0. The molecule has 0 aliphatic rings. The molecule has 0 amide bonds. The topological polar surface area (TPSA) is 46.2 Å². The zero-order valence-corrected chi connectivity index (χ0v) is 10.3. The molecular weight excluding hydrogens is 214 g/mol. The fourth-order valence-corrected chi connectivity index (χ4v) is 5.72. The van der Waals surface area contributed by atoms with Crippen molar-refractivity contribution < 1.29 is 8.42 Å². The van der Waals surface area contributed by atoms with E-state index in [1.165, 1.54) is 0 Å². The van der Waals surface area contributed by atoms with Crippen LogP contribution in [-0.4, -0.2) is 28.3 Å². The Morgan fingerprint density at radius 2 is 1.83 bits per heavy atom. The predicted octanol–water partition coefficient (Wildman–Crippen LogP) is 1.37. The molecule has 3 nitrogen and oxygen atoms in total. The van der Waals surface area contributed by atoms with Gasteiger partial charge in [0.25, 0.3) is 0 Å². The van der Waals surface area contributed by atoms with E-state index < -0.39 is 18.3 Å². The van der Waals surface area contributed by atoms with Gasteiger partial charge in [-0.2, -0.15) is 0 Å². The third kappa shape index (κ3) is 7.09. The number of halogens is 1. The molecule has 0 aliphatic heterocycles. The lowest BCUT2D eigenvalue weighted by Gasteiger charge is -2.17. The Kier molecular flexibility index (Phi) is 4.76. The second kappa shape index (κ2) is 4.60. The minimum absolute atomic E-state index is 0.140. The Morgan fingerprint density at radius 1 is 1.33 bits per heavy atom. The molecular formula is C6H16ClNO2SSi. The van der Waals surface area contributed by atoms with Crippen LogP contribution in [0.1, 0.15) is 6.42 Å². The van der Waals surface area contributed by atoms with Crippen molar-refractivity contribution in [2.75, 3.05) is 11.6 Å². The molecule has 0 heterocycles. The van der Waals surface area contributed by atoms with Crippen molar-refractivity contribution in [2.24, 2.45) is 0 Å². The maximum atomic E-state index is 11.3. The molecule has 0 radical (unpaired) electrons. The zero-order chi connectivity index (χ0) is 9.83. The number of alkyl halides is 1. The highest BCUT2D eigenvalue weighted by atomic mass is 35.5. The minimum Gasteiger partial charge on any atom is -0.238 e. The van der Waals surface area contributed by atoms with Crippen molar-refractivity contribution in [1.82, 2.24) is 4.39 Å². The smallest absolute Gasteiger partial charge is 0.205 e. The van der Waals surface area contributed by atoms with Crippen LogP contribution in [0, 0.1) is 0 Å². The van der Waals surface area contributed by atoms with Crippen LogP contribution in [0.5, 0.6) is 0 Å². The van der Waals surface area contributed by atoms with E-state index in [0.717, 1.165) is 0 Å². The molecule has 0 bridgehead atoms. The van der Waals surface area contributed by atoms with Gasteiger partial charge in [0, 0.05) is 5.88 Å². The van der Waals surface area contributed by atoms with Gasteiger partial charge < -0.3 is 0 Å². The molecule has 0 aromatic carbocycles. The van der Waals surface area contributed by atoms with E-state index in [4.69, 9.17) is 11.6 Å². The largest absolute Gasteiger partial charge is 0.238 e. The van der Waals surface area contributed by atoms with Crippen molar-refractivity contribution in [1.29, 1.82) is 0 Å². The van der Waals surface area contributed by atoms with E-state index in [0.29, 0.717) is 12.3 Å². The molecule has 0 unspecified atom stereocenters. The molecule has 0 rings (SSSR count). The number of rotatable bonds is 5. The quantitative estimate of drug-likeness (QED) is 0.572. The van der Waals surface area contributed by atoms with Gasteiger partial charge in [0.05, 0.1) is 5.75 Å². The molecule has 0 aromatic heterocycles. The molecule has 0 aromatic rings. The van der Waals surface area contributed by atoms with Crippen LogP contribution < -0.4 is 4.39 Å². The van der Waals surface area contributed by atoms with Gasteiger partial charge in [0.2, 0.25) is 10.0 Å². The average Bonchev–Trinajstić information content (AvgIpc) is 1.78. The van der Waals surface area contributed by atoms with Crippen LogP contribution in [0.2, 0.25) is 19.6 Å². The highest BCUT2D eigenvalue weighted by Crippen LogP contribution is 2.00. The number of hydrogen-bond donors (Lipinski definition) is 1. The first kappa shape index (κ1) is 12.4. The van der Waals surface area contributed by atoms with Gasteiger partial charge >= 0.3 is 0 Å². The molecule has 12 heavy (non-hydrogen) atoms. The standard InChI is InChI=1S/C6H16ClNO2SSi/c1-12(2,3)8-11(9,10)6-4-5-7/h8H,4-6H2,1-3H3. The summed E-state index contributed by atoms with van der Waals surface area (Å²) >= 11 is 5.40. The third-order valence-electron chi connectivity index (χ3n) is 1.01. The summed E-state index contributed by atoms with van der Waals surface area (Å²) in [6.45, 7) is 5.85. The van der Waals surface area contributed by atoms with E-state index in [1.54, 1.807) is 0 Å². The second-order valence-corrected chi connectivity index (χ2v) is 11.0. The van der Waals surface area contributed by atoms with E-state index in [-0.39, 0.29) is 5.75 Å². The fraction of sp³-hybridized carbons (Fsp3) is 1.00. The van der Waals surface area contributed by atoms with Gasteiger partial charge in [-0.15, -0.1) is 11.6 Å². The highest BCUT2D eigenvalue weighted by molar-refractivity contribution is 7.90. The lowest BCUT2D eigenvalue weighted by molar-refractivity contribution is 0.591. The van der Waals surface area contributed by atoms with Crippen LogP contribution in [-0.2, 0) is 10.0 Å². The first-order valence-electron chi connectivity index (χ1n) is 3.84. The number of nitrogens with one attached hydrogen (secondary N) is 1. The Hall–Kier alpha value is 0.417. The van der Waals surface area contributed by atoms with E-state index >= 15 is 0 Å². The van der Waals surface area contributed by atoms with Gasteiger partial charge in [0.1, 0.15) is 8.24 Å². The normalized spacial score (nSPS) is 13.3. The summed E-state index contributed by atoms with van der Waals surface area (Å²) in [5, 5.41) is 0. The monoisotopic (exact) mass is 229 g/mol.